The lowest BCUT2D eigenvalue weighted by Crippen LogP contribution is -2.34. The molecule has 0 spiro atoms. The van der Waals surface area contributed by atoms with Crippen molar-refractivity contribution >= 4 is 41.5 Å². The van der Waals surface area contributed by atoms with Crippen LogP contribution in [0.2, 0.25) is 5.02 Å². The molecule has 1 aliphatic rings. The number of hydrogen-bond acceptors (Lipinski definition) is 6. The van der Waals surface area contributed by atoms with Gasteiger partial charge < -0.3 is 10.1 Å². The van der Waals surface area contributed by atoms with E-state index in [2.05, 4.69) is 20.6 Å². The van der Waals surface area contributed by atoms with Crippen LogP contribution in [0.25, 0.3) is 0 Å². The zero-order valence-corrected chi connectivity index (χ0v) is 12.6. The lowest BCUT2D eigenvalue weighted by Gasteiger charge is -2.06. The van der Waals surface area contributed by atoms with Crippen LogP contribution in [-0.2, 0) is 14.3 Å². The fraction of sp³-hybridized carbons (Fsp3) is 0.154. The number of esters is 1. The predicted octanol–water partition coefficient (Wildman–Crippen LogP) is 1.47. The molecule has 0 saturated carbocycles. The summed E-state index contributed by atoms with van der Waals surface area (Å²) in [7, 11) is 1.25. The third-order valence-corrected chi connectivity index (χ3v) is 3.72. The van der Waals surface area contributed by atoms with E-state index in [0.29, 0.717) is 5.02 Å². The summed E-state index contributed by atoms with van der Waals surface area (Å²) in [5.41, 5.74) is 3.20. The molecule has 1 amide bonds. The van der Waals surface area contributed by atoms with E-state index in [0.717, 1.165) is 23.4 Å². The first-order valence-electron chi connectivity index (χ1n) is 5.90. The Morgan fingerprint density at radius 1 is 1.48 bits per heavy atom. The van der Waals surface area contributed by atoms with Gasteiger partial charge in [-0.3, -0.25) is 10.2 Å². The van der Waals surface area contributed by atoms with E-state index in [1.807, 2.05) is 12.1 Å². The van der Waals surface area contributed by atoms with Crippen LogP contribution < -0.4 is 10.7 Å². The first kappa shape index (κ1) is 15.4. The molecule has 0 unspecified atom stereocenters. The normalized spacial score (nSPS) is 19.8. The Morgan fingerprint density at radius 3 is 2.86 bits per heavy atom. The Balaban J connectivity index is 1.90. The highest BCUT2D eigenvalue weighted by atomic mass is 35.5. The molecule has 8 heteroatoms. The van der Waals surface area contributed by atoms with Crippen LogP contribution in [0.15, 0.2) is 40.3 Å². The zero-order valence-electron chi connectivity index (χ0n) is 11.0. The van der Waals surface area contributed by atoms with Gasteiger partial charge in [-0.15, -0.1) is 0 Å². The number of nitrogens with one attached hydrogen (secondary N) is 2. The van der Waals surface area contributed by atoms with Gasteiger partial charge in [-0.1, -0.05) is 35.5 Å². The third-order valence-electron chi connectivity index (χ3n) is 2.46. The number of carbonyl (C=O) groups excluding carboxylic acids is 2. The minimum atomic E-state index is -0.571. The standard InChI is InChI=1S/C13H12ClN3O3S/c1-20-11(18)6-10-12(19)16-13(21-10)17-15-7-8-2-4-9(14)5-3-8/h2-7,13,17H,1H3,(H,16,19)/b10-6+,15-7-/t13-/m0/s1. The SMILES string of the molecule is COC(=O)/C=C1/S[C@H](N/N=C\c2ccc(Cl)cc2)NC1=O. The molecule has 6 nitrogen and oxygen atoms in total. The second-order valence-electron chi connectivity index (χ2n) is 3.94. The summed E-state index contributed by atoms with van der Waals surface area (Å²) in [6, 6.07) is 7.14. The number of amides is 1. The molecule has 1 aliphatic heterocycles. The highest BCUT2D eigenvalue weighted by Gasteiger charge is 2.27. The van der Waals surface area contributed by atoms with Crippen LogP contribution in [0.3, 0.4) is 0 Å². The molecule has 1 aromatic carbocycles. The minimum absolute atomic E-state index is 0.279. The largest absolute Gasteiger partial charge is 0.466 e. The number of hydrazone groups is 1. The van der Waals surface area contributed by atoms with E-state index in [1.54, 1.807) is 18.3 Å². The summed E-state index contributed by atoms with van der Waals surface area (Å²) in [4.78, 5) is 23.0. The van der Waals surface area contributed by atoms with Crippen LogP contribution in [0.4, 0.5) is 0 Å². The predicted molar refractivity (Wildman–Crippen MR) is 81.8 cm³/mol. The Labute approximate surface area is 130 Å². The first-order valence-corrected chi connectivity index (χ1v) is 7.15. The number of rotatable bonds is 4. The van der Waals surface area contributed by atoms with E-state index >= 15 is 0 Å². The molecule has 21 heavy (non-hydrogen) atoms. The molecular weight excluding hydrogens is 314 g/mol. The Hall–Kier alpha value is -1.99. The number of benzene rings is 1. The summed E-state index contributed by atoms with van der Waals surface area (Å²) in [5.74, 6) is -0.914. The van der Waals surface area contributed by atoms with Crippen molar-refractivity contribution in [2.24, 2.45) is 5.10 Å². The molecule has 1 fully saturated rings. The van der Waals surface area contributed by atoms with Crippen LogP contribution in [0.5, 0.6) is 0 Å². The molecule has 2 N–H and O–H groups in total. The molecule has 2 rings (SSSR count). The number of methoxy groups -OCH3 is 1. The maximum Gasteiger partial charge on any atom is 0.331 e. The monoisotopic (exact) mass is 325 g/mol. The molecule has 1 heterocycles. The van der Waals surface area contributed by atoms with Crippen LogP contribution in [-0.4, -0.2) is 30.7 Å². The zero-order chi connectivity index (χ0) is 15.2. The average molecular weight is 326 g/mol. The van der Waals surface area contributed by atoms with E-state index < -0.39 is 11.5 Å². The van der Waals surface area contributed by atoms with Crippen molar-refractivity contribution in [3.05, 3.63) is 45.8 Å². The van der Waals surface area contributed by atoms with Crippen LogP contribution >= 0.6 is 23.4 Å². The van der Waals surface area contributed by atoms with Gasteiger partial charge in [0.1, 0.15) is 0 Å². The van der Waals surface area contributed by atoms with Gasteiger partial charge in [-0.05, 0) is 17.7 Å². The van der Waals surface area contributed by atoms with Crippen LogP contribution in [0.1, 0.15) is 5.56 Å². The number of ether oxygens (including phenoxy) is 1. The van der Waals surface area contributed by atoms with Crippen molar-refractivity contribution < 1.29 is 14.3 Å². The van der Waals surface area contributed by atoms with Gasteiger partial charge in [0.15, 0.2) is 5.50 Å². The minimum Gasteiger partial charge on any atom is -0.466 e. The molecular formula is C13H12ClN3O3S. The summed E-state index contributed by atoms with van der Waals surface area (Å²) in [6.45, 7) is 0. The molecule has 1 atom stereocenters. The Kier molecular flexibility index (Phi) is 5.24. The molecule has 1 aromatic rings. The molecule has 1 saturated heterocycles. The van der Waals surface area contributed by atoms with E-state index in [1.165, 1.54) is 7.11 Å². The van der Waals surface area contributed by atoms with Crippen molar-refractivity contribution in [3.8, 4) is 0 Å². The van der Waals surface area contributed by atoms with Gasteiger partial charge >= 0.3 is 5.97 Å². The van der Waals surface area contributed by atoms with E-state index in [9.17, 15) is 9.59 Å². The summed E-state index contributed by atoms with van der Waals surface area (Å²) in [5, 5.41) is 7.30. The van der Waals surface area contributed by atoms with Crippen molar-refractivity contribution in [3.63, 3.8) is 0 Å². The summed E-state index contributed by atoms with van der Waals surface area (Å²) >= 11 is 6.93. The van der Waals surface area contributed by atoms with Crippen molar-refractivity contribution in [2.45, 2.75) is 5.50 Å². The second-order valence-corrected chi connectivity index (χ2v) is 5.53. The second kappa shape index (κ2) is 7.14. The Morgan fingerprint density at radius 2 is 2.19 bits per heavy atom. The number of halogens is 1. The number of carbonyl (C=O) groups is 2. The summed E-state index contributed by atoms with van der Waals surface area (Å²) < 4.78 is 4.47. The number of hydrogen-bond donors (Lipinski definition) is 2. The molecule has 0 radical (unpaired) electrons. The molecule has 0 aromatic heterocycles. The topological polar surface area (TPSA) is 79.8 Å². The average Bonchev–Trinajstić information content (AvgIpc) is 2.81. The number of thioether (sulfide) groups is 1. The maximum absolute atomic E-state index is 11.6. The van der Waals surface area contributed by atoms with E-state index in [4.69, 9.17) is 11.6 Å². The van der Waals surface area contributed by atoms with Gasteiger partial charge in [-0.25, -0.2) is 4.79 Å². The van der Waals surface area contributed by atoms with Gasteiger partial charge in [0.2, 0.25) is 0 Å². The molecule has 0 aliphatic carbocycles. The van der Waals surface area contributed by atoms with Crippen molar-refractivity contribution in [1.29, 1.82) is 0 Å². The van der Waals surface area contributed by atoms with Gasteiger partial charge in [0.05, 0.1) is 18.2 Å². The Bertz CT molecular complexity index is 601. The van der Waals surface area contributed by atoms with Gasteiger partial charge in [0.25, 0.3) is 5.91 Å². The quantitative estimate of drug-likeness (QED) is 0.379. The first-order chi connectivity index (χ1) is 10.1. The lowest BCUT2D eigenvalue weighted by atomic mass is 10.2. The number of nitrogens with zero attached hydrogens (tertiary/aromatic N) is 1. The fourth-order valence-corrected chi connectivity index (χ4v) is 2.44. The van der Waals surface area contributed by atoms with Crippen LogP contribution in [0, 0.1) is 0 Å². The van der Waals surface area contributed by atoms with Gasteiger partial charge in [-0.2, -0.15) is 5.10 Å². The van der Waals surface area contributed by atoms with Crippen molar-refractivity contribution in [1.82, 2.24) is 10.7 Å². The highest BCUT2D eigenvalue weighted by Crippen LogP contribution is 2.25. The lowest BCUT2D eigenvalue weighted by molar-refractivity contribution is -0.135. The smallest absolute Gasteiger partial charge is 0.331 e. The summed E-state index contributed by atoms with van der Waals surface area (Å²) in [6.07, 6.45) is 2.75. The third kappa shape index (κ3) is 4.51. The van der Waals surface area contributed by atoms with E-state index in [-0.39, 0.29) is 10.8 Å². The fourth-order valence-electron chi connectivity index (χ4n) is 1.45. The van der Waals surface area contributed by atoms with Gasteiger partial charge in [0, 0.05) is 11.1 Å². The molecule has 110 valence electrons. The maximum atomic E-state index is 11.6. The highest BCUT2D eigenvalue weighted by molar-refractivity contribution is 8.05. The molecule has 0 bridgehead atoms. The van der Waals surface area contributed by atoms with Crippen molar-refractivity contribution in [2.75, 3.05) is 7.11 Å².